The second-order valence-electron chi connectivity index (χ2n) is 8.92. The summed E-state index contributed by atoms with van der Waals surface area (Å²) in [7, 11) is 0. The predicted molar refractivity (Wildman–Crippen MR) is 121 cm³/mol. The van der Waals surface area contributed by atoms with E-state index >= 15 is 0 Å². The van der Waals surface area contributed by atoms with Gasteiger partial charge >= 0.3 is 17.9 Å². The van der Waals surface area contributed by atoms with Gasteiger partial charge in [0.2, 0.25) is 0 Å². The molecule has 4 saturated heterocycles. The lowest BCUT2D eigenvalue weighted by atomic mass is 10.0. The third-order valence-corrected chi connectivity index (χ3v) is 5.95. The minimum absolute atomic E-state index is 0.00519. The lowest BCUT2D eigenvalue weighted by molar-refractivity contribution is -0.143. The molecule has 9 atom stereocenters. The number of hydrogen-bond donors (Lipinski definition) is 6. The highest BCUT2D eigenvalue weighted by Gasteiger charge is 2.33. The van der Waals surface area contributed by atoms with Crippen LogP contribution in [0, 0.1) is 5.92 Å². The molecule has 6 N–H and O–H groups in total. The fraction of sp³-hybridized carbons (Fsp3) is 0.870. The van der Waals surface area contributed by atoms with E-state index in [-0.39, 0.29) is 56.6 Å². The molecule has 4 fully saturated rings. The van der Waals surface area contributed by atoms with Gasteiger partial charge in [0.15, 0.2) is 12.4 Å². The molecular formula is C23H40O13. The number of aliphatic hydroxyl groups excluding tert-OH is 6. The minimum atomic E-state index is -0.905. The Morgan fingerprint density at radius 1 is 0.667 bits per heavy atom. The lowest BCUT2D eigenvalue weighted by Crippen LogP contribution is -2.24. The second kappa shape index (κ2) is 16.1. The Hall–Kier alpha value is -1.87. The van der Waals surface area contributed by atoms with Gasteiger partial charge in [-0.05, 0) is 12.8 Å². The molecule has 0 aromatic rings. The van der Waals surface area contributed by atoms with Crippen LogP contribution in [0.3, 0.4) is 0 Å². The summed E-state index contributed by atoms with van der Waals surface area (Å²) >= 11 is 0. The first kappa shape index (κ1) is 32.2. The van der Waals surface area contributed by atoms with Gasteiger partial charge < -0.3 is 49.6 Å². The molecule has 0 aromatic carbocycles. The normalized spacial score (nSPS) is 36.9. The summed E-state index contributed by atoms with van der Waals surface area (Å²) in [4.78, 5) is 31.4. The number of esters is 3. The summed E-state index contributed by atoms with van der Waals surface area (Å²) in [5.41, 5.74) is 0. The van der Waals surface area contributed by atoms with Gasteiger partial charge in [-0.15, -0.1) is 0 Å². The van der Waals surface area contributed by atoms with Gasteiger partial charge in [-0.1, -0.05) is 20.8 Å². The Morgan fingerprint density at radius 3 is 1.31 bits per heavy atom. The number of carbonyl (C=O) groups is 3. The minimum Gasteiger partial charge on any atom is -0.462 e. The predicted octanol–water partition coefficient (Wildman–Crippen LogP) is -1.48. The topological polar surface area (TPSA) is 210 Å². The first-order chi connectivity index (χ1) is 16.9. The maximum absolute atomic E-state index is 10.6. The molecule has 0 aliphatic carbocycles. The van der Waals surface area contributed by atoms with Gasteiger partial charge in [0.05, 0.1) is 38.6 Å². The number of carbonyl (C=O) groups excluding carboxylic acids is 3. The Morgan fingerprint density at radius 2 is 1.11 bits per heavy atom. The summed E-state index contributed by atoms with van der Waals surface area (Å²) in [6.45, 7) is 5.44. The van der Waals surface area contributed by atoms with E-state index in [0.29, 0.717) is 18.8 Å². The molecule has 13 heteroatoms. The number of rotatable bonds is 4. The molecule has 0 bridgehead atoms. The van der Waals surface area contributed by atoms with E-state index in [1.165, 1.54) is 0 Å². The Balaban J connectivity index is 0.000000240. The van der Waals surface area contributed by atoms with Crippen LogP contribution in [0.4, 0.5) is 0 Å². The van der Waals surface area contributed by atoms with Crippen LogP contribution in [0.1, 0.15) is 59.3 Å². The number of ether oxygens (including phenoxy) is 4. The molecule has 13 nitrogen and oxygen atoms in total. The Bertz CT molecular complexity index is 616. The maximum atomic E-state index is 10.6. The molecule has 210 valence electrons. The fourth-order valence-electron chi connectivity index (χ4n) is 3.79. The zero-order chi connectivity index (χ0) is 27.4. The SMILES string of the molecule is CC[C@H]1OC(=O)C[C@@H]1C.CC[C@H]1OC(=O)C[C@@H]1O.O=C1C[C@H](O)[C@@H](CO)O1.OC[C@H]1OC(O)C[C@@H]1O. The van der Waals surface area contributed by atoms with E-state index in [0.717, 1.165) is 6.42 Å². The average molecular weight is 525 g/mol. The van der Waals surface area contributed by atoms with Gasteiger partial charge in [0, 0.05) is 12.3 Å². The molecule has 4 aliphatic rings. The molecule has 4 heterocycles. The van der Waals surface area contributed by atoms with Crippen molar-refractivity contribution in [3.63, 3.8) is 0 Å². The van der Waals surface area contributed by atoms with Crippen molar-refractivity contribution in [3.05, 3.63) is 0 Å². The molecule has 0 aromatic heterocycles. The molecule has 1 unspecified atom stereocenters. The lowest BCUT2D eigenvalue weighted by Gasteiger charge is -2.08. The Kier molecular flexibility index (Phi) is 14.4. The maximum Gasteiger partial charge on any atom is 0.309 e. The standard InChI is InChI=1S/C7H12O2.C6H10O3.C5H10O4.C5H8O4/c1-3-6-5(2)4-7(8)9-6;1-2-5-4(7)3-6(8)9-5;2*6-2-4-3(7)1-5(8)9-4/h5-6H,3-4H2,1-2H3;4-5,7H,2-3H2,1H3;3-8H,1-2H2;3-4,6-7H,1-2H2/t5-,6+;4-,5+;3-,4+,5?;3-,4+/m0000/s1. The monoisotopic (exact) mass is 524 g/mol. The van der Waals surface area contributed by atoms with Crippen molar-refractivity contribution < 1.29 is 64.0 Å². The van der Waals surface area contributed by atoms with Crippen LogP contribution in [0.2, 0.25) is 0 Å². The van der Waals surface area contributed by atoms with Gasteiger partial charge in [-0.2, -0.15) is 0 Å². The highest BCUT2D eigenvalue weighted by molar-refractivity contribution is 5.73. The van der Waals surface area contributed by atoms with Gasteiger partial charge in [-0.25, -0.2) is 0 Å². The Labute approximate surface area is 209 Å². The molecule has 0 amide bonds. The second-order valence-corrected chi connectivity index (χ2v) is 8.92. The van der Waals surface area contributed by atoms with Crippen LogP contribution in [-0.4, -0.2) is 111 Å². The fourth-order valence-corrected chi connectivity index (χ4v) is 3.79. The van der Waals surface area contributed by atoms with Crippen LogP contribution in [0.15, 0.2) is 0 Å². The summed E-state index contributed by atoms with van der Waals surface area (Å²) in [6.07, 6.45) is -1.73. The zero-order valence-electron chi connectivity index (χ0n) is 20.9. The molecule has 0 spiro atoms. The third-order valence-electron chi connectivity index (χ3n) is 5.95. The number of hydrogen-bond acceptors (Lipinski definition) is 13. The molecule has 4 aliphatic heterocycles. The van der Waals surface area contributed by atoms with Crippen molar-refractivity contribution >= 4 is 17.9 Å². The third kappa shape index (κ3) is 10.6. The quantitative estimate of drug-likeness (QED) is 0.183. The molecule has 0 saturated carbocycles. The van der Waals surface area contributed by atoms with E-state index in [9.17, 15) is 14.4 Å². The molecule has 0 radical (unpaired) electrons. The molecular weight excluding hydrogens is 484 g/mol. The summed E-state index contributed by atoms with van der Waals surface area (Å²) in [5.74, 6) is -0.326. The highest BCUT2D eigenvalue weighted by Crippen LogP contribution is 2.23. The summed E-state index contributed by atoms with van der Waals surface area (Å²) in [5, 5.41) is 52.4. The van der Waals surface area contributed by atoms with Crippen molar-refractivity contribution in [2.75, 3.05) is 13.2 Å². The number of cyclic esters (lactones) is 3. The van der Waals surface area contributed by atoms with Crippen molar-refractivity contribution in [1.82, 2.24) is 0 Å². The van der Waals surface area contributed by atoms with E-state index in [1.807, 2.05) is 13.8 Å². The number of aliphatic hydroxyl groups is 6. The zero-order valence-corrected chi connectivity index (χ0v) is 20.9. The van der Waals surface area contributed by atoms with Crippen LogP contribution in [0.25, 0.3) is 0 Å². The van der Waals surface area contributed by atoms with E-state index in [2.05, 4.69) is 16.4 Å². The summed E-state index contributed by atoms with van der Waals surface area (Å²) in [6, 6.07) is 0. The molecule has 36 heavy (non-hydrogen) atoms. The first-order valence-electron chi connectivity index (χ1n) is 12.1. The van der Waals surface area contributed by atoms with Gasteiger partial charge in [-0.3, -0.25) is 14.4 Å². The van der Waals surface area contributed by atoms with Crippen molar-refractivity contribution in [2.24, 2.45) is 5.92 Å². The first-order valence-corrected chi connectivity index (χ1v) is 12.1. The average Bonchev–Trinajstić information content (AvgIpc) is 3.54. The van der Waals surface area contributed by atoms with E-state index in [4.69, 9.17) is 40.1 Å². The van der Waals surface area contributed by atoms with Gasteiger partial charge in [0.25, 0.3) is 0 Å². The van der Waals surface area contributed by atoms with Crippen LogP contribution >= 0.6 is 0 Å². The van der Waals surface area contributed by atoms with Crippen LogP contribution < -0.4 is 0 Å². The van der Waals surface area contributed by atoms with Crippen molar-refractivity contribution in [1.29, 1.82) is 0 Å². The van der Waals surface area contributed by atoms with Crippen molar-refractivity contribution in [2.45, 2.75) is 108 Å². The largest absolute Gasteiger partial charge is 0.462 e. The van der Waals surface area contributed by atoms with Gasteiger partial charge in [0.1, 0.15) is 30.5 Å². The molecule has 4 rings (SSSR count). The van der Waals surface area contributed by atoms with Crippen LogP contribution in [-0.2, 0) is 33.3 Å². The van der Waals surface area contributed by atoms with Crippen LogP contribution in [0.5, 0.6) is 0 Å². The van der Waals surface area contributed by atoms with Crippen molar-refractivity contribution in [3.8, 4) is 0 Å². The van der Waals surface area contributed by atoms with E-state index < -0.39 is 42.8 Å². The summed E-state index contributed by atoms with van der Waals surface area (Å²) < 4.78 is 18.9. The highest BCUT2D eigenvalue weighted by atomic mass is 16.6. The smallest absolute Gasteiger partial charge is 0.309 e. The van der Waals surface area contributed by atoms with E-state index in [1.54, 1.807) is 0 Å².